The number of piperazine rings is 1. The summed E-state index contributed by atoms with van der Waals surface area (Å²) < 4.78 is 5.71. The number of H-pyrrole nitrogens is 1. The summed E-state index contributed by atoms with van der Waals surface area (Å²) in [7, 11) is 0. The maximum absolute atomic E-state index is 13.6. The Kier molecular flexibility index (Phi) is 3.78. The molecule has 1 aromatic heterocycles. The molecule has 4 aliphatic rings. The van der Waals surface area contributed by atoms with Gasteiger partial charge in [-0.2, -0.15) is 0 Å². The van der Waals surface area contributed by atoms with E-state index >= 15 is 0 Å². The van der Waals surface area contributed by atoms with Crippen LogP contribution in [0.3, 0.4) is 0 Å². The van der Waals surface area contributed by atoms with Crippen molar-refractivity contribution in [2.45, 2.75) is 37.8 Å². The standard InChI is InChI=1S/C26H25N3O3/c30-23-14-28(13-15-5-6-15)26(31)21-12-19-18-3-1-2-4-20(18)27-24(19)25(29(21)23)17-7-8-22-16(11-17)9-10-32-22/h1-4,7-8,11,15,21,25,27H,5-6,9-10,12-14H2/t21-,25+/m1/s1. The Morgan fingerprint density at radius 2 is 1.97 bits per heavy atom. The third kappa shape index (κ3) is 2.65. The summed E-state index contributed by atoms with van der Waals surface area (Å²) in [6.07, 6.45) is 3.77. The number of nitrogens with zero attached hydrogens (tertiary/aromatic N) is 2. The number of aromatic nitrogens is 1. The molecular weight excluding hydrogens is 402 g/mol. The second-order valence-electron chi connectivity index (χ2n) is 9.61. The minimum atomic E-state index is -0.448. The van der Waals surface area contributed by atoms with Gasteiger partial charge in [0.25, 0.3) is 0 Å². The zero-order valence-corrected chi connectivity index (χ0v) is 17.8. The van der Waals surface area contributed by atoms with E-state index in [2.05, 4.69) is 29.2 Å². The van der Waals surface area contributed by atoms with Crippen molar-refractivity contribution in [1.82, 2.24) is 14.8 Å². The molecule has 3 aromatic rings. The number of amides is 2. The Balaban J connectivity index is 1.39. The first-order valence-electron chi connectivity index (χ1n) is 11.6. The molecule has 4 heterocycles. The highest BCUT2D eigenvalue weighted by molar-refractivity contribution is 5.97. The first-order valence-corrected chi connectivity index (χ1v) is 11.6. The normalized spacial score (nSPS) is 24.4. The second-order valence-corrected chi connectivity index (χ2v) is 9.61. The smallest absolute Gasteiger partial charge is 0.246 e. The van der Waals surface area contributed by atoms with Crippen molar-refractivity contribution in [2.24, 2.45) is 5.92 Å². The Morgan fingerprint density at radius 3 is 2.84 bits per heavy atom. The van der Waals surface area contributed by atoms with Gasteiger partial charge in [-0.1, -0.05) is 24.3 Å². The molecule has 6 heteroatoms. The Hall–Kier alpha value is -3.28. The van der Waals surface area contributed by atoms with Crippen LogP contribution in [-0.4, -0.2) is 52.3 Å². The summed E-state index contributed by atoms with van der Waals surface area (Å²) in [4.78, 5) is 34.4. The summed E-state index contributed by atoms with van der Waals surface area (Å²) >= 11 is 0. The Morgan fingerprint density at radius 1 is 1.09 bits per heavy atom. The van der Waals surface area contributed by atoms with E-state index in [4.69, 9.17) is 4.74 Å². The largest absolute Gasteiger partial charge is 0.493 e. The van der Waals surface area contributed by atoms with Gasteiger partial charge in [0.1, 0.15) is 11.8 Å². The maximum atomic E-state index is 13.6. The van der Waals surface area contributed by atoms with Gasteiger partial charge in [-0.3, -0.25) is 9.59 Å². The number of carbonyl (C=O) groups is 2. The van der Waals surface area contributed by atoms with Crippen molar-refractivity contribution in [2.75, 3.05) is 19.7 Å². The van der Waals surface area contributed by atoms with E-state index in [9.17, 15) is 9.59 Å². The molecule has 2 atom stereocenters. The molecule has 162 valence electrons. The van der Waals surface area contributed by atoms with E-state index in [1.807, 2.05) is 28.0 Å². The van der Waals surface area contributed by atoms with E-state index in [0.717, 1.165) is 46.4 Å². The predicted molar refractivity (Wildman–Crippen MR) is 119 cm³/mol. The quantitative estimate of drug-likeness (QED) is 0.698. The molecule has 1 aliphatic carbocycles. The van der Waals surface area contributed by atoms with Crippen molar-refractivity contribution < 1.29 is 14.3 Å². The monoisotopic (exact) mass is 427 g/mol. The number of hydrogen-bond acceptors (Lipinski definition) is 3. The van der Waals surface area contributed by atoms with Crippen LogP contribution in [0.1, 0.15) is 41.3 Å². The average molecular weight is 428 g/mol. The van der Waals surface area contributed by atoms with Crippen LogP contribution in [0.15, 0.2) is 42.5 Å². The molecule has 2 fully saturated rings. The number of benzene rings is 2. The number of carbonyl (C=O) groups excluding carboxylic acids is 2. The van der Waals surface area contributed by atoms with Crippen LogP contribution in [0.2, 0.25) is 0 Å². The first kappa shape index (κ1) is 18.3. The topological polar surface area (TPSA) is 65.6 Å². The Labute approximate surface area is 186 Å². The number of rotatable bonds is 3. The molecule has 1 saturated carbocycles. The van der Waals surface area contributed by atoms with Gasteiger partial charge in [0.2, 0.25) is 11.8 Å². The number of fused-ring (bicyclic) bond motifs is 5. The predicted octanol–water partition coefficient (Wildman–Crippen LogP) is 3.20. The lowest BCUT2D eigenvalue weighted by Gasteiger charge is -2.47. The van der Waals surface area contributed by atoms with Gasteiger partial charge in [-0.25, -0.2) is 0 Å². The molecule has 0 unspecified atom stereocenters. The molecule has 2 aromatic carbocycles. The van der Waals surface area contributed by atoms with Crippen LogP contribution in [0.4, 0.5) is 0 Å². The van der Waals surface area contributed by atoms with Gasteiger partial charge in [0, 0.05) is 36.0 Å². The van der Waals surface area contributed by atoms with Crippen molar-refractivity contribution in [3.63, 3.8) is 0 Å². The van der Waals surface area contributed by atoms with Crippen molar-refractivity contribution >= 4 is 22.7 Å². The SMILES string of the molecule is O=C1[C@H]2Cc3c([nH]c4ccccc34)[C@H](c3ccc4c(c3)CCO4)N2C(=O)CN1CC1CC1. The van der Waals surface area contributed by atoms with Gasteiger partial charge in [0.05, 0.1) is 19.2 Å². The zero-order chi connectivity index (χ0) is 21.4. The molecule has 6 nitrogen and oxygen atoms in total. The minimum absolute atomic E-state index is 0.0429. The van der Waals surface area contributed by atoms with Crippen molar-refractivity contribution in [3.05, 3.63) is 64.8 Å². The lowest BCUT2D eigenvalue weighted by Crippen LogP contribution is -2.63. The van der Waals surface area contributed by atoms with Gasteiger partial charge >= 0.3 is 0 Å². The minimum Gasteiger partial charge on any atom is -0.493 e. The first-order chi connectivity index (χ1) is 15.7. The molecule has 3 aliphatic heterocycles. The summed E-state index contributed by atoms with van der Waals surface area (Å²) in [5.41, 5.74) is 5.48. The van der Waals surface area contributed by atoms with Crippen LogP contribution in [0.5, 0.6) is 5.75 Å². The van der Waals surface area contributed by atoms with Crippen molar-refractivity contribution in [1.29, 1.82) is 0 Å². The molecule has 0 spiro atoms. The fourth-order valence-electron chi connectivity index (χ4n) is 5.81. The molecule has 32 heavy (non-hydrogen) atoms. The summed E-state index contributed by atoms with van der Waals surface area (Å²) in [6, 6.07) is 13.7. The average Bonchev–Trinajstić information content (AvgIpc) is 3.36. The van der Waals surface area contributed by atoms with E-state index in [0.29, 0.717) is 18.9 Å². The maximum Gasteiger partial charge on any atom is 0.246 e. The van der Waals surface area contributed by atoms with Gasteiger partial charge in [0.15, 0.2) is 0 Å². The van der Waals surface area contributed by atoms with E-state index in [1.165, 1.54) is 18.4 Å². The molecular formula is C26H25N3O3. The van der Waals surface area contributed by atoms with Crippen LogP contribution in [0, 0.1) is 5.92 Å². The number of ether oxygens (including phenoxy) is 1. The van der Waals surface area contributed by atoms with E-state index in [1.54, 1.807) is 0 Å². The van der Waals surface area contributed by atoms with Crippen LogP contribution in [0.25, 0.3) is 10.9 Å². The van der Waals surface area contributed by atoms with Gasteiger partial charge < -0.3 is 19.5 Å². The number of para-hydroxylation sites is 1. The molecule has 2 amide bonds. The highest BCUT2D eigenvalue weighted by Crippen LogP contribution is 2.44. The molecule has 0 bridgehead atoms. The van der Waals surface area contributed by atoms with Gasteiger partial charge in [-0.15, -0.1) is 0 Å². The fraction of sp³-hybridized carbons (Fsp3) is 0.385. The van der Waals surface area contributed by atoms with E-state index in [-0.39, 0.29) is 24.4 Å². The van der Waals surface area contributed by atoms with Crippen LogP contribution < -0.4 is 4.74 Å². The zero-order valence-electron chi connectivity index (χ0n) is 17.8. The lowest BCUT2D eigenvalue weighted by atomic mass is 9.85. The van der Waals surface area contributed by atoms with Gasteiger partial charge in [-0.05, 0) is 53.6 Å². The van der Waals surface area contributed by atoms with Crippen molar-refractivity contribution in [3.8, 4) is 5.75 Å². The van der Waals surface area contributed by atoms with Crippen LogP contribution >= 0.6 is 0 Å². The lowest BCUT2D eigenvalue weighted by molar-refractivity contribution is -0.158. The third-order valence-corrected chi connectivity index (χ3v) is 7.55. The molecule has 1 saturated heterocycles. The summed E-state index contributed by atoms with van der Waals surface area (Å²) in [6.45, 7) is 1.60. The number of nitrogens with one attached hydrogen (secondary N) is 1. The second kappa shape index (κ2) is 6.61. The number of hydrogen-bond donors (Lipinski definition) is 1. The Bertz CT molecular complexity index is 1270. The number of aromatic amines is 1. The summed E-state index contributed by atoms with van der Waals surface area (Å²) in [5.74, 6) is 1.64. The van der Waals surface area contributed by atoms with E-state index < -0.39 is 6.04 Å². The highest BCUT2D eigenvalue weighted by atomic mass is 16.5. The molecule has 1 N–H and O–H groups in total. The third-order valence-electron chi connectivity index (χ3n) is 7.55. The summed E-state index contributed by atoms with van der Waals surface area (Å²) in [5, 5.41) is 1.15. The molecule has 7 rings (SSSR count). The van der Waals surface area contributed by atoms with Crippen LogP contribution in [-0.2, 0) is 22.4 Å². The fourth-order valence-corrected chi connectivity index (χ4v) is 5.81. The molecule has 0 radical (unpaired) electrons. The highest BCUT2D eigenvalue weighted by Gasteiger charge is 2.49.